The first-order chi connectivity index (χ1) is 14.0. The van der Waals surface area contributed by atoms with Crippen molar-refractivity contribution in [2.45, 2.75) is 13.5 Å². The number of nitrogens with zero attached hydrogens (tertiary/aromatic N) is 1. The number of hydrazine groups is 1. The molecule has 0 atom stereocenters. The molecule has 29 heavy (non-hydrogen) atoms. The number of amides is 2. The smallest absolute Gasteiger partial charge is 0.289 e. The fraction of sp³-hybridized carbons (Fsp3) is 0.150. The fourth-order valence-corrected chi connectivity index (χ4v) is 2.96. The van der Waals surface area contributed by atoms with E-state index in [9.17, 15) is 14.0 Å². The molecule has 2 aromatic carbocycles. The zero-order valence-corrected chi connectivity index (χ0v) is 16.3. The van der Waals surface area contributed by atoms with Crippen molar-refractivity contribution in [2.75, 3.05) is 6.61 Å². The van der Waals surface area contributed by atoms with E-state index in [0.29, 0.717) is 28.7 Å². The number of thiazole rings is 1. The van der Waals surface area contributed by atoms with Crippen molar-refractivity contribution in [3.8, 4) is 11.5 Å². The van der Waals surface area contributed by atoms with Gasteiger partial charge in [-0.1, -0.05) is 0 Å². The van der Waals surface area contributed by atoms with Crippen molar-refractivity contribution < 1.29 is 23.5 Å². The van der Waals surface area contributed by atoms with Crippen molar-refractivity contribution in [1.29, 1.82) is 0 Å². The monoisotopic (exact) mass is 415 g/mol. The lowest BCUT2D eigenvalue weighted by Gasteiger charge is -2.07. The Hall–Kier alpha value is -3.46. The summed E-state index contributed by atoms with van der Waals surface area (Å²) >= 11 is 1.24. The lowest BCUT2D eigenvalue weighted by molar-refractivity contribution is 0.0844. The highest BCUT2D eigenvalue weighted by Crippen LogP contribution is 2.16. The summed E-state index contributed by atoms with van der Waals surface area (Å²) in [6, 6.07) is 12.1. The van der Waals surface area contributed by atoms with E-state index in [1.807, 2.05) is 6.92 Å². The SMILES string of the molecule is CCOc1ccc(C(=O)NNC(=O)c2csc(COc3ccc(F)cc3)n2)cc1. The number of rotatable bonds is 7. The molecule has 2 amide bonds. The number of hydrogen-bond acceptors (Lipinski definition) is 6. The molecule has 150 valence electrons. The largest absolute Gasteiger partial charge is 0.494 e. The predicted octanol–water partition coefficient (Wildman–Crippen LogP) is 3.33. The maximum atomic E-state index is 12.9. The summed E-state index contributed by atoms with van der Waals surface area (Å²) in [6.45, 7) is 2.54. The molecule has 3 rings (SSSR count). The third-order valence-corrected chi connectivity index (χ3v) is 4.50. The molecule has 0 fully saturated rings. The Morgan fingerprint density at radius 1 is 0.966 bits per heavy atom. The third-order valence-electron chi connectivity index (χ3n) is 3.68. The van der Waals surface area contributed by atoms with Crippen LogP contribution in [0.5, 0.6) is 11.5 Å². The van der Waals surface area contributed by atoms with Crippen molar-refractivity contribution in [1.82, 2.24) is 15.8 Å². The van der Waals surface area contributed by atoms with Crippen LogP contribution in [0.25, 0.3) is 0 Å². The van der Waals surface area contributed by atoms with E-state index in [2.05, 4.69) is 15.8 Å². The predicted molar refractivity (Wildman–Crippen MR) is 105 cm³/mol. The normalized spacial score (nSPS) is 10.3. The first kappa shape index (κ1) is 20.3. The second kappa shape index (κ2) is 9.65. The van der Waals surface area contributed by atoms with Gasteiger partial charge in [0.2, 0.25) is 0 Å². The van der Waals surface area contributed by atoms with Crippen LogP contribution < -0.4 is 20.3 Å². The Kier molecular flexibility index (Phi) is 6.75. The number of halogens is 1. The van der Waals surface area contributed by atoms with E-state index in [0.717, 1.165) is 0 Å². The highest BCUT2D eigenvalue weighted by Gasteiger charge is 2.13. The summed E-state index contributed by atoms with van der Waals surface area (Å²) in [5.74, 6) is -0.205. The molecule has 0 spiro atoms. The molecule has 1 aromatic heterocycles. The first-order valence-electron chi connectivity index (χ1n) is 8.71. The Morgan fingerprint density at radius 3 is 2.28 bits per heavy atom. The fourth-order valence-electron chi connectivity index (χ4n) is 2.28. The van der Waals surface area contributed by atoms with E-state index >= 15 is 0 Å². The molecule has 1 heterocycles. The third kappa shape index (κ3) is 5.76. The molecule has 0 radical (unpaired) electrons. The first-order valence-corrected chi connectivity index (χ1v) is 9.59. The molecule has 0 aliphatic rings. The molecule has 2 N–H and O–H groups in total. The number of aromatic nitrogens is 1. The summed E-state index contributed by atoms with van der Waals surface area (Å²) in [5, 5.41) is 2.12. The number of benzene rings is 2. The second-order valence-corrected chi connectivity index (χ2v) is 6.68. The van der Waals surface area contributed by atoms with Gasteiger partial charge in [-0.2, -0.15) is 0 Å². The highest BCUT2D eigenvalue weighted by atomic mass is 32.1. The summed E-state index contributed by atoms with van der Waals surface area (Å²) in [4.78, 5) is 28.4. The molecule has 9 heteroatoms. The zero-order valence-electron chi connectivity index (χ0n) is 15.5. The number of carbonyl (C=O) groups is 2. The van der Waals surface area contributed by atoms with Crippen LogP contribution in [-0.2, 0) is 6.61 Å². The minimum atomic E-state index is -0.548. The van der Waals surface area contributed by atoms with E-state index in [1.165, 1.54) is 35.6 Å². The maximum absolute atomic E-state index is 12.9. The molecule has 0 saturated carbocycles. The lowest BCUT2D eigenvalue weighted by atomic mass is 10.2. The Bertz CT molecular complexity index is 974. The summed E-state index contributed by atoms with van der Waals surface area (Å²) < 4.78 is 23.7. The van der Waals surface area contributed by atoms with Gasteiger partial charge in [0.1, 0.15) is 34.6 Å². The molecule has 0 bridgehead atoms. The molecule has 3 aromatic rings. The van der Waals surface area contributed by atoms with Crippen LogP contribution in [0.3, 0.4) is 0 Å². The second-order valence-electron chi connectivity index (χ2n) is 5.73. The van der Waals surface area contributed by atoms with Crippen LogP contribution >= 0.6 is 11.3 Å². The van der Waals surface area contributed by atoms with Crippen molar-refractivity contribution in [3.05, 3.63) is 76.0 Å². The quantitative estimate of drug-likeness (QED) is 0.578. The van der Waals surface area contributed by atoms with Crippen LogP contribution in [0, 0.1) is 5.82 Å². The Morgan fingerprint density at radius 2 is 1.59 bits per heavy atom. The van der Waals surface area contributed by atoms with Gasteiger partial charge in [0.15, 0.2) is 0 Å². The van der Waals surface area contributed by atoms with Gasteiger partial charge < -0.3 is 9.47 Å². The number of carbonyl (C=O) groups excluding carboxylic acids is 2. The number of ether oxygens (including phenoxy) is 2. The Balaban J connectivity index is 1.49. The van der Waals surface area contributed by atoms with Crippen LogP contribution in [0.4, 0.5) is 4.39 Å². The van der Waals surface area contributed by atoms with Gasteiger partial charge in [-0.15, -0.1) is 11.3 Å². The highest BCUT2D eigenvalue weighted by molar-refractivity contribution is 7.09. The minimum Gasteiger partial charge on any atom is -0.494 e. The average molecular weight is 415 g/mol. The van der Waals surface area contributed by atoms with E-state index in [4.69, 9.17) is 9.47 Å². The van der Waals surface area contributed by atoms with Crippen LogP contribution in [0.2, 0.25) is 0 Å². The van der Waals surface area contributed by atoms with Crippen molar-refractivity contribution >= 4 is 23.2 Å². The van der Waals surface area contributed by atoms with Gasteiger partial charge in [-0.25, -0.2) is 9.37 Å². The summed E-state index contributed by atoms with van der Waals surface area (Å²) in [7, 11) is 0. The Labute approximate surface area is 170 Å². The topological polar surface area (TPSA) is 89.6 Å². The standard InChI is InChI=1S/C20H18FN3O4S/c1-2-27-15-7-3-13(4-8-15)19(25)23-24-20(26)17-12-29-18(22-17)11-28-16-9-5-14(21)6-10-16/h3-10,12H,2,11H2,1H3,(H,23,25)(H,24,26). The van der Waals surface area contributed by atoms with Gasteiger partial charge in [0.05, 0.1) is 6.61 Å². The van der Waals surface area contributed by atoms with Crippen LogP contribution in [-0.4, -0.2) is 23.4 Å². The van der Waals surface area contributed by atoms with Crippen molar-refractivity contribution in [3.63, 3.8) is 0 Å². The molecular weight excluding hydrogens is 397 g/mol. The van der Waals surface area contributed by atoms with Crippen LogP contribution in [0.15, 0.2) is 53.9 Å². The zero-order chi connectivity index (χ0) is 20.6. The van der Waals surface area contributed by atoms with Gasteiger partial charge >= 0.3 is 0 Å². The molecule has 0 unspecified atom stereocenters. The van der Waals surface area contributed by atoms with Gasteiger partial charge in [0, 0.05) is 10.9 Å². The number of nitrogens with one attached hydrogen (secondary N) is 2. The van der Waals surface area contributed by atoms with Gasteiger partial charge in [0.25, 0.3) is 11.8 Å². The number of hydrogen-bond donors (Lipinski definition) is 2. The van der Waals surface area contributed by atoms with E-state index < -0.39 is 11.8 Å². The van der Waals surface area contributed by atoms with Crippen LogP contribution in [0.1, 0.15) is 32.8 Å². The molecule has 7 nitrogen and oxygen atoms in total. The van der Waals surface area contributed by atoms with Gasteiger partial charge in [-0.3, -0.25) is 20.4 Å². The molecule has 0 aliphatic carbocycles. The average Bonchev–Trinajstić information content (AvgIpc) is 3.21. The molecule has 0 saturated heterocycles. The molecule has 0 aliphatic heterocycles. The summed E-state index contributed by atoms with van der Waals surface area (Å²) in [5.41, 5.74) is 5.19. The maximum Gasteiger partial charge on any atom is 0.289 e. The summed E-state index contributed by atoms with van der Waals surface area (Å²) in [6.07, 6.45) is 0. The van der Waals surface area contributed by atoms with Crippen molar-refractivity contribution in [2.24, 2.45) is 0 Å². The molecular formula is C20H18FN3O4S. The lowest BCUT2D eigenvalue weighted by Crippen LogP contribution is -2.41. The van der Waals surface area contributed by atoms with Gasteiger partial charge in [-0.05, 0) is 55.5 Å². The van der Waals surface area contributed by atoms with E-state index in [-0.39, 0.29) is 18.1 Å². The van der Waals surface area contributed by atoms with E-state index in [1.54, 1.807) is 29.6 Å². The minimum absolute atomic E-state index is 0.141.